The molecular formula is C22H29NO3. The van der Waals surface area contributed by atoms with Gasteiger partial charge < -0.3 is 14.8 Å². The van der Waals surface area contributed by atoms with Crippen molar-refractivity contribution in [3.05, 3.63) is 59.2 Å². The van der Waals surface area contributed by atoms with Crippen LogP contribution in [0.25, 0.3) is 0 Å². The lowest BCUT2D eigenvalue weighted by atomic mass is 10.1. The van der Waals surface area contributed by atoms with Gasteiger partial charge in [-0.2, -0.15) is 0 Å². The molecule has 0 heterocycles. The Morgan fingerprint density at radius 1 is 1.08 bits per heavy atom. The van der Waals surface area contributed by atoms with Crippen molar-refractivity contribution in [3.63, 3.8) is 0 Å². The topological polar surface area (TPSA) is 47.6 Å². The highest BCUT2D eigenvalue weighted by Gasteiger charge is 2.15. The predicted molar refractivity (Wildman–Crippen MR) is 105 cm³/mol. The first kappa shape index (κ1) is 19.8. The van der Waals surface area contributed by atoms with Gasteiger partial charge in [0.15, 0.2) is 6.10 Å². The molecule has 0 aromatic heterocycles. The minimum absolute atomic E-state index is 0.0935. The third-order valence-electron chi connectivity index (χ3n) is 4.42. The monoisotopic (exact) mass is 355 g/mol. The second-order valence-electron chi connectivity index (χ2n) is 6.39. The van der Waals surface area contributed by atoms with Gasteiger partial charge >= 0.3 is 0 Å². The van der Waals surface area contributed by atoms with E-state index in [9.17, 15) is 4.79 Å². The Bertz CT molecular complexity index is 727. The molecular weight excluding hydrogens is 326 g/mol. The fourth-order valence-electron chi connectivity index (χ4n) is 2.74. The van der Waals surface area contributed by atoms with Crippen molar-refractivity contribution in [1.29, 1.82) is 0 Å². The first-order valence-electron chi connectivity index (χ1n) is 9.24. The average molecular weight is 355 g/mol. The summed E-state index contributed by atoms with van der Waals surface area (Å²) in [4.78, 5) is 12.3. The van der Waals surface area contributed by atoms with Crippen LogP contribution in [0, 0.1) is 13.8 Å². The molecule has 0 bridgehead atoms. The highest BCUT2D eigenvalue weighted by atomic mass is 16.5. The fourth-order valence-corrected chi connectivity index (χ4v) is 2.74. The summed E-state index contributed by atoms with van der Waals surface area (Å²) in [6.07, 6.45) is 1.19. The summed E-state index contributed by atoms with van der Waals surface area (Å²) in [7, 11) is 0. The van der Waals surface area contributed by atoms with Crippen LogP contribution in [0.15, 0.2) is 42.5 Å². The number of ether oxygens (including phenoxy) is 2. The maximum atomic E-state index is 12.3. The number of nitrogens with one attached hydrogen (secondary N) is 1. The molecule has 26 heavy (non-hydrogen) atoms. The van der Waals surface area contributed by atoms with Crippen molar-refractivity contribution in [3.8, 4) is 11.5 Å². The molecule has 0 saturated heterocycles. The van der Waals surface area contributed by atoms with Crippen molar-refractivity contribution in [2.45, 2.75) is 46.6 Å². The van der Waals surface area contributed by atoms with Crippen LogP contribution in [0.3, 0.4) is 0 Å². The van der Waals surface area contributed by atoms with Crippen molar-refractivity contribution in [2.24, 2.45) is 0 Å². The zero-order valence-electron chi connectivity index (χ0n) is 16.2. The summed E-state index contributed by atoms with van der Waals surface area (Å²) in [6, 6.07) is 13.9. The fraction of sp³-hybridized carbons (Fsp3) is 0.409. The largest absolute Gasteiger partial charge is 0.494 e. The normalized spacial score (nSPS) is 11.7. The number of carbonyl (C=O) groups excluding carboxylic acids is 1. The molecule has 1 N–H and O–H groups in total. The summed E-state index contributed by atoms with van der Waals surface area (Å²) in [5.41, 5.74) is 3.39. The Labute approximate surface area is 156 Å². The van der Waals surface area contributed by atoms with Gasteiger partial charge in [0.25, 0.3) is 5.91 Å². The molecule has 0 aliphatic rings. The molecule has 2 rings (SSSR count). The number of hydrogen-bond donors (Lipinski definition) is 1. The average Bonchev–Trinajstić information content (AvgIpc) is 2.63. The van der Waals surface area contributed by atoms with Crippen LogP contribution in [0.4, 0.5) is 0 Å². The molecule has 2 aromatic rings. The summed E-state index contributed by atoms with van der Waals surface area (Å²) in [5.74, 6) is 1.59. The van der Waals surface area contributed by atoms with Gasteiger partial charge in [-0.15, -0.1) is 0 Å². The van der Waals surface area contributed by atoms with Gasteiger partial charge in [-0.1, -0.05) is 30.3 Å². The minimum Gasteiger partial charge on any atom is -0.494 e. The number of carbonyl (C=O) groups is 1. The molecule has 0 aliphatic carbocycles. The molecule has 0 radical (unpaired) electrons. The Morgan fingerprint density at radius 3 is 2.58 bits per heavy atom. The molecule has 0 saturated carbocycles. The summed E-state index contributed by atoms with van der Waals surface area (Å²) >= 11 is 0. The van der Waals surface area contributed by atoms with Gasteiger partial charge in [0.1, 0.15) is 11.5 Å². The van der Waals surface area contributed by atoms with Crippen molar-refractivity contribution in [2.75, 3.05) is 13.2 Å². The molecule has 0 unspecified atom stereocenters. The Kier molecular flexibility index (Phi) is 7.52. The van der Waals surface area contributed by atoms with Crippen LogP contribution in [0.2, 0.25) is 0 Å². The molecule has 4 heteroatoms. The minimum atomic E-state index is -0.522. The van der Waals surface area contributed by atoms with Crippen LogP contribution >= 0.6 is 0 Å². The highest BCUT2D eigenvalue weighted by molar-refractivity contribution is 5.80. The second-order valence-corrected chi connectivity index (χ2v) is 6.39. The maximum absolute atomic E-state index is 12.3. The first-order valence-corrected chi connectivity index (χ1v) is 9.24. The van der Waals surface area contributed by atoms with Crippen LogP contribution in [0.5, 0.6) is 11.5 Å². The van der Waals surface area contributed by atoms with Crippen molar-refractivity contribution < 1.29 is 14.3 Å². The van der Waals surface area contributed by atoms with E-state index in [0.717, 1.165) is 35.5 Å². The summed E-state index contributed by atoms with van der Waals surface area (Å²) in [5, 5.41) is 2.95. The zero-order valence-corrected chi connectivity index (χ0v) is 16.2. The van der Waals surface area contributed by atoms with E-state index in [1.54, 1.807) is 6.92 Å². The Hall–Kier alpha value is -2.49. The number of hydrogen-bond acceptors (Lipinski definition) is 3. The number of rotatable bonds is 9. The van der Waals surface area contributed by atoms with Gasteiger partial charge in [-0.3, -0.25) is 4.79 Å². The van der Waals surface area contributed by atoms with Crippen LogP contribution in [-0.2, 0) is 11.2 Å². The number of aryl methyl sites for hydroxylation is 2. The summed E-state index contributed by atoms with van der Waals surface area (Å²) in [6.45, 7) is 9.06. The van der Waals surface area contributed by atoms with E-state index in [-0.39, 0.29) is 5.91 Å². The highest BCUT2D eigenvalue weighted by Crippen LogP contribution is 2.22. The molecule has 2 aromatic carbocycles. The summed E-state index contributed by atoms with van der Waals surface area (Å²) < 4.78 is 11.5. The van der Waals surface area contributed by atoms with E-state index >= 15 is 0 Å². The molecule has 1 amide bonds. The third kappa shape index (κ3) is 5.51. The van der Waals surface area contributed by atoms with E-state index in [4.69, 9.17) is 9.47 Å². The van der Waals surface area contributed by atoms with Gasteiger partial charge in [-0.25, -0.2) is 0 Å². The molecule has 140 valence electrons. The lowest BCUT2D eigenvalue weighted by molar-refractivity contribution is -0.127. The van der Waals surface area contributed by atoms with Crippen LogP contribution < -0.4 is 14.8 Å². The SMILES string of the molecule is CCOc1ccccc1CCCNC(=O)[C@@H](C)Oc1cccc(C)c1C. The van der Waals surface area contributed by atoms with E-state index in [1.807, 2.05) is 57.2 Å². The van der Waals surface area contributed by atoms with E-state index in [0.29, 0.717) is 13.2 Å². The van der Waals surface area contributed by atoms with Gasteiger partial charge in [0.2, 0.25) is 0 Å². The quantitative estimate of drug-likeness (QED) is 0.685. The molecule has 0 aliphatic heterocycles. The van der Waals surface area contributed by atoms with E-state index < -0.39 is 6.10 Å². The number of benzene rings is 2. The molecule has 0 spiro atoms. The first-order chi connectivity index (χ1) is 12.5. The maximum Gasteiger partial charge on any atom is 0.260 e. The number of para-hydroxylation sites is 1. The smallest absolute Gasteiger partial charge is 0.260 e. The standard InChI is InChI=1S/C22H29NO3/c1-5-25-21-13-7-6-11-19(21)12-9-15-23-22(24)18(4)26-20-14-8-10-16(2)17(20)3/h6-8,10-11,13-14,18H,5,9,12,15H2,1-4H3,(H,23,24)/t18-/m1/s1. The van der Waals surface area contributed by atoms with E-state index in [2.05, 4.69) is 11.4 Å². The van der Waals surface area contributed by atoms with Crippen LogP contribution in [0.1, 0.15) is 37.0 Å². The molecule has 1 atom stereocenters. The Balaban J connectivity index is 1.79. The van der Waals surface area contributed by atoms with E-state index in [1.165, 1.54) is 5.56 Å². The van der Waals surface area contributed by atoms with Crippen molar-refractivity contribution in [1.82, 2.24) is 5.32 Å². The number of amides is 1. The molecule has 4 nitrogen and oxygen atoms in total. The zero-order chi connectivity index (χ0) is 18.9. The second kappa shape index (κ2) is 9.85. The van der Waals surface area contributed by atoms with Crippen molar-refractivity contribution >= 4 is 5.91 Å². The van der Waals surface area contributed by atoms with Crippen LogP contribution in [-0.4, -0.2) is 25.2 Å². The Morgan fingerprint density at radius 2 is 1.81 bits per heavy atom. The van der Waals surface area contributed by atoms with Gasteiger partial charge in [-0.05, 0) is 69.4 Å². The third-order valence-corrected chi connectivity index (χ3v) is 4.42. The lowest BCUT2D eigenvalue weighted by Gasteiger charge is -2.17. The van der Waals surface area contributed by atoms with Gasteiger partial charge in [0, 0.05) is 6.54 Å². The predicted octanol–water partition coefficient (Wildman–Crippen LogP) is 4.22. The van der Waals surface area contributed by atoms with Gasteiger partial charge in [0.05, 0.1) is 6.61 Å². The molecule has 0 fully saturated rings. The lowest BCUT2D eigenvalue weighted by Crippen LogP contribution is -2.37.